The molecule has 0 radical (unpaired) electrons. The summed E-state index contributed by atoms with van der Waals surface area (Å²) in [6.45, 7) is 2.56. The molecule has 202 valence electrons. The summed E-state index contributed by atoms with van der Waals surface area (Å²) in [4.78, 5) is 27.6. The van der Waals surface area contributed by atoms with Crippen LogP contribution in [0.15, 0.2) is 90.1 Å². The van der Waals surface area contributed by atoms with E-state index >= 15 is 0 Å². The standard InChI is InChI=1S/C31H29F3N2O3/c1-2-3-17-39-23-15-13-21(14-16-23)29-28-25(18-22(19-27(28)37)20-9-5-4-6-10-20)35-24-11-7-8-12-26(24)36(29)30(38)31(32,33)34/h4-16,22,29,35H,2-3,17-19H2,1H3/t22-,29+/m0/s1. The van der Waals surface area contributed by atoms with Crippen molar-refractivity contribution in [3.8, 4) is 5.75 Å². The minimum absolute atomic E-state index is 0.0616. The van der Waals surface area contributed by atoms with Crippen LogP contribution in [-0.2, 0) is 9.59 Å². The van der Waals surface area contributed by atoms with Crippen LogP contribution in [0.1, 0.15) is 55.7 Å². The first-order valence-electron chi connectivity index (χ1n) is 13.1. The number of Topliss-reactive ketones (excluding diaryl/α,β-unsaturated/α-hetero) is 1. The molecule has 1 aliphatic carbocycles. The number of halogens is 3. The zero-order valence-corrected chi connectivity index (χ0v) is 21.5. The number of allylic oxidation sites excluding steroid dienone is 1. The third kappa shape index (κ3) is 5.41. The van der Waals surface area contributed by atoms with Crippen molar-refractivity contribution in [2.75, 3.05) is 16.8 Å². The summed E-state index contributed by atoms with van der Waals surface area (Å²) >= 11 is 0. The maximum Gasteiger partial charge on any atom is 0.471 e. The second-order valence-corrected chi connectivity index (χ2v) is 9.82. The number of carbonyl (C=O) groups is 2. The lowest BCUT2D eigenvalue weighted by Crippen LogP contribution is -2.45. The topological polar surface area (TPSA) is 58.6 Å². The normalized spacial score (nSPS) is 19.1. The summed E-state index contributed by atoms with van der Waals surface area (Å²) < 4.78 is 47.9. The van der Waals surface area contributed by atoms with Crippen LogP contribution in [-0.4, -0.2) is 24.5 Å². The summed E-state index contributed by atoms with van der Waals surface area (Å²) in [5, 5.41) is 3.25. The van der Waals surface area contributed by atoms with Crippen LogP contribution in [0.3, 0.4) is 0 Å². The highest BCUT2D eigenvalue weighted by atomic mass is 19.4. The number of amides is 1. The number of nitrogens with one attached hydrogen (secondary N) is 1. The smallest absolute Gasteiger partial charge is 0.471 e. The van der Waals surface area contributed by atoms with Gasteiger partial charge in [0, 0.05) is 17.7 Å². The Labute approximate surface area is 225 Å². The largest absolute Gasteiger partial charge is 0.494 e. The Morgan fingerprint density at radius 2 is 1.64 bits per heavy atom. The lowest BCUT2D eigenvalue weighted by Gasteiger charge is -2.35. The molecule has 1 amide bonds. The van der Waals surface area contributed by atoms with E-state index in [0.717, 1.165) is 23.3 Å². The maximum atomic E-state index is 14.1. The number of hydrogen-bond donors (Lipinski definition) is 1. The first kappa shape index (κ1) is 26.5. The maximum absolute atomic E-state index is 14.1. The Kier molecular flexibility index (Phi) is 7.46. The van der Waals surface area contributed by atoms with Gasteiger partial charge in [-0.2, -0.15) is 13.2 Å². The predicted octanol–water partition coefficient (Wildman–Crippen LogP) is 7.33. The lowest BCUT2D eigenvalue weighted by atomic mass is 9.78. The molecular weight excluding hydrogens is 505 g/mol. The van der Waals surface area contributed by atoms with Crippen molar-refractivity contribution in [1.29, 1.82) is 0 Å². The second-order valence-electron chi connectivity index (χ2n) is 9.82. The van der Waals surface area contributed by atoms with Gasteiger partial charge in [-0.1, -0.05) is 67.9 Å². The molecule has 0 fully saturated rings. The minimum Gasteiger partial charge on any atom is -0.494 e. The Bertz CT molecular complexity index is 1380. The monoisotopic (exact) mass is 534 g/mol. The average Bonchev–Trinajstić information content (AvgIpc) is 3.08. The Morgan fingerprint density at radius 1 is 0.949 bits per heavy atom. The van der Waals surface area contributed by atoms with Crippen molar-refractivity contribution in [1.82, 2.24) is 0 Å². The number of para-hydroxylation sites is 2. The van der Waals surface area contributed by atoms with Crippen molar-refractivity contribution in [3.63, 3.8) is 0 Å². The summed E-state index contributed by atoms with van der Waals surface area (Å²) in [6.07, 6.45) is -2.77. The molecule has 5 rings (SSSR count). The van der Waals surface area contributed by atoms with E-state index < -0.39 is 18.1 Å². The number of alkyl halides is 3. The number of nitrogens with zero attached hydrogens (tertiary/aromatic N) is 1. The van der Waals surface area contributed by atoms with Crippen molar-refractivity contribution < 1.29 is 27.5 Å². The molecule has 0 saturated carbocycles. The van der Waals surface area contributed by atoms with Crippen LogP contribution >= 0.6 is 0 Å². The summed E-state index contributed by atoms with van der Waals surface area (Å²) in [5.41, 5.74) is 2.48. The third-order valence-corrected chi connectivity index (χ3v) is 7.18. The van der Waals surface area contributed by atoms with Gasteiger partial charge in [0.1, 0.15) is 5.75 Å². The molecule has 0 aromatic heterocycles. The molecule has 39 heavy (non-hydrogen) atoms. The summed E-state index contributed by atoms with van der Waals surface area (Å²) in [6, 6.07) is 21.3. The number of benzene rings is 3. The van der Waals surface area contributed by atoms with Crippen LogP contribution < -0.4 is 15.0 Å². The predicted molar refractivity (Wildman–Crippen MR) is 144 cm³/mol. The zero-order valence-electron chi connectivity index (χ0n) is 21.5. The van der Waals surface area contributed by atoms with Crippen LogP contribution in [0, 0.1) is 0 Å². The van der Waals surface area contributed by atoms with E-state index in [4.69, 9.17) is 4.74 Å². The number of carbonyl (C=O) groups excluding carboxylic acids is 2. The Balaban J connectivity index is 1.66. The van der Waals surface area contributed by atoms with Crippen molar-refractivity contribution >= 4 is 23.1 Å². The van der Waals surface area contributed by atoms with Crippen LogP contribution in [0.25, 0.3) is 0 Å². The summed E-state index contributed by atoms with van der Waals surface area (Å²) in [5.74, 6) is -1.89. The van der Waals surface area contributed by atoms with Gasteiger partial charge in [0.15, 0.2) is 5.78 Å². The fraction of sp³-hybridized carbons (Fsp3) is 0.290. The first-order valence-corrected chi connectivity index (χ1v) is 13.1. The van der Waals surface area contributed by atoms with E-state index in [1.165, 1.54) is 6.07 Å². The van der Waals surface area contributed by atoms with E-state index in [0.29, 0.717) is 35.7 Å². The molecule has 0 bridgehead atoms. The van der Waals surface area contributed by atoms with Gasteiger partial charge in [-0.15, -0.1) is 0 Å². The Hall–Kier alpha value is -4.07. The Morgan fingerprint density at radius 3 is 2.33 bits per heavy atom. The average molecular weight is 535 g/mol. The van der Waals surface area contributed by atoms with Crippen LogP contribution in [0.4, 0.5) is 24.5 Å². The highest BCUT2D eigenvalue weighted by Crippen LogP contribution is 2.48. The highest BCUT2D eigenvalue weighted by molar-refractivity contribution is 6.07. The van der Waals surface area contributed by atoms with E-state index in [1.54, 1.807) is 42.5 Å². The van der Waals surface area contributed by atoms with Gasteiger partial charge in [-0.25, -0.2) is 0 Å². The van der Waals surface area contributed by atoms with Gasteiger partial charge in [0.25, 0.3) is 0 Å². The molecule has 1 N–H and O–H groups in total. The van der Waals surface area contributed by atoms with E-state index in [9.17, 15) is 22.8 Å². The van der Waals surface area contributed by atoms with Crippen molar-refractivity contribution in [2.45, 2.75) is 50.7 Å². The molecular formula is C31H29F3N2O3. The molecule has 0 spiro atoms. The van der Waals surface area contributed by atoms with Gasteiger partial charge >= 0.3 is 12.1 Å². The molecule has 1 aliphatic heterocycles. The zero-order chi connectivity index (χ0) is 27.6. The quantitative estimate of drug-likeness (QED) is 0.337. The number of ketones is 1. The third-order valence-electron chi connectivity index (χ3n) is 7.18. The number of ether oxygens (including phenoxy) is 1. The van der Waals surface area contributed by atoms with Gasteiger partial charge in [-0.05, 0) is 54.2 Å². The molecule has 1 heterocycles. The molecule has 0 unspecified atom stereocenters. The van der Waals surface area contributed by atoms with Gasteiger partial charge in [0.2, 0.25) is 0 Å². The number of anilines is 2. The SMILES string of the molecule is CCCCOc1ccc([C@@H]2C3=C(C[C@H](c4ccccc4)CC3=O)Nc3ccccc3N2C(=O)C(F)(F)F)cc1. The minimum atomic E-state index is -5.15. The van der Waals surface area contributed by atoms with E-state index in [1.807, 2.05) is 37.3 Å². The van der Waals surface area contributed by atoms with E-state index in [-0.39, 0.29) is 29.4 Å². The molecule has 0 saturated heterocycles. The number of unbranched alkanes of at least 4 members (excludes halogenated alkanes) is 1. The first-order chi connectivity index (χ1) is 18.8. The van der Waals surface area contributed by atoms with Crippen molar-refractivity contribution in [3.05, 3.63) is 101 Å². The van der Waals surface area contributed by atoms with Crippen molar-refractivity contribution in [2.24, 2.45) is 0 Å². The number of rotatable bonds is 6. The van der Waals surface area contributed by atoms with Crippen LogP contribution in [0.5, 0.6) is 5.75 Å². The molecule has 2 aliphatic rings. The van der Waals surface area contributed by atoms with Crippen LogP contribution in [0.2, 0.25) is 0 Å². The highest BCUT2D eigenvalue weighted by Gasteiger charge is 2.49. The number of fused-ring (bicyclic) bond motifs is 1. The van der Waals surface area contributed by atoms with Gasteiger partial charge in [-0.3, -0.25) is 14.5 Å². The molecule has 3 aromatic rings. The summed E-state index contributed by atoms with van der Waals surface area (Å²) in [7, 11) is 0. The molecule has 8 heteroatoms. The molecule has 5 nitrogen and oxygen atoms in total. The lowest BCUT2D eigenvalue weighted by molar-refractivity contribution is -0.170. The molecule has 3 aromatic carbocycles. The van der Waals surface area contributed by atoms with E-state index in [2.05, 4.69) is 5.32 Å². The number of hydrogen-bond acceptors (Lipinski definition) is 4. The fourth-order valence-electron chi connectivity index (χ4n) is 5.31. The molecule has 2 atom stereocenters. The second kappa shape index (κ2) is 11.0. The fourth-order valence-corrected chi connectivity index (χ4v) is 5.31. The van der Waals surface area contributed by atoms with Gasteiger partial charge in [0.05, 0.1) is 24.0 Å². The van der Waals surface area contributed by atoms with Gasteiger partial charge < -0.3 is 10.1 Å².